The number of aromatic nitrogens is 3. The molecule has 0 saturated carbocycles. The number of pyridine rings is 1. The predicted octanol–water partition coefficient (Wildman–Crippen LogP) is 2.11. The molecule has 3 heterocycles. The summed E-state index contributed by atoms with van der Waals surface area (Å²) >= 11 is 2.00. The Morgan fingerprint density at radius 2 is 2.21 bits per heavy atom. The van der Waals surface area contributed by atoms with Gasteiger partial charge in [0.25, 0.3) is 0 Å². The van der Waals surface area contributed by atoms with Gasteiger partial charge in [0.15, 0.2) is 17.2 Å². The first-order valence-corrected chi connectivity index (χ1v) is 7.55. The van der Waals surface area contributed by atoms with Crippen LogP contribution in [0.25, 0.3) is 5.65 Å². The number of rotatable bonds is 3. The Bertz CT molecular complexity index is 605. The van der Waals surface area contributed by atoms with Crippen molar-refractivity contribution in [3.8, 4) is 0 Å². The highest BCUT2D eigenvalue weighted by Crippen LogP contribution is 2.25. The Balaban J connectivity index is 1.88. The fourth-order valence-corrected chi connectivity index (χ4v) is 3.61. The summed E-state index contributed by atoms with van der Waals surface area (Å²) in [6, 6.07) is 5.04. The summed E-state index contributed by atoms with van der Waals surface area (Å²) in [6.45, 7) is 0. The van der Waals surface area contributed by atoms with Gasteiger partial charge in [0.1, 0.15) is 0 Å². The van der Waals surface area contributed by atoms with Gasteiger partial charge in [-0.2, -0.15) is 16.9 Å². The van der Waals surface area contributed by atoms with E-state index in [4.69, 9.17) is 5.11 Å². The highest BCUT2D eigenvalue weighted by atomic mass is 32.2. The molecule has 0 bridgehead atoms. The molecule has 1 N–H and O–H groups in total. The molecular formula is C13H15N3O2S. The smallest absolute Gasteiger partial charge is 0.354 e. The Morgan fingerprint density at radius 1 is 1.42 bits per heavy atom. The number of carboxylic acid groups (broad SMARTS) is 1. The zero-order chi connectivity index (χ0) is 13.2. The molecule has 2 aromatic heterocycles. The first-order chi connectivity index (χ1) is 9.24. The van der Waals surface area contributed by atoms with Crippen molar-refractivity contribution >= 4 is 23.4 Å². The largest absolute Gasteiger partial charge is 0.477 e. The number of aromatic carboxylic acids is 1. The van der Waals surface area contributed by atoms with Crippen LogP contribution in [-0.2, 0) is 6.42 Å². The van der Waals surface area contributed by atoms with Crippen molar-refractivity contribution in [3.63, 3.8) is 0 Å². The third kappa shape index (κ3) is 2.58. The molecule has 0 unspecified atom stereocenters. The van der Waals surface area contributed by atoms with E-state index in [1.807, 2.05) is 11.8 Å². The van der Waals surface area contributed by atoms with Crippen LogP contribution in [0.3, 0.4) is 0 Å². The first-order valence-electron chi connectivity index (χ1n) is 6.40. The lowest BCUT2D eigenvalue weighted by molar-refractivity contribution is 0.0687. The minimum atomic E-state index is -0.976. The standard InChI is InChI=1S/C13H15N3O2S/c17-13(18)10-2-1-3-12-14-11(15-16(10)12)8-9-4-6-19-7-5-9/h1-3,9H,4-8H2,(H,17,18). The van der Waals surface area contributed by atoms with Crippen LogP contribution in [-0.4, -0.2) is 37.2 Å². The number of hydrogen-bond acceptors (Lipinski definition) is 4. The normalized spacial score (nSPS) is 16.8. The molecule has 1 aliphatic rings. The maximum absolute atomic E-state index is 11.1. The van der Waals surface area contributed by atoms with E-state index in [9.17, 15) is 4.79 Å². The van der Waals surface area contributed by atoms with Crippen LogP contribution in [0.1, 0.15) is 29.2 Å². The highest BCUT2D eigenvalue weighted by molar-refractivity contribution is 7.99. The van der Waals surface area contributed by atoms with Crippen molar-refractivity contribution in [2.45, 2.75) is 19.3 Å². The fraction of sp³-hybridized carbons (Fsp3) is 0.462. The van der Waals surface area contributed by atoms with Crippen molar-refractivity contribution in [2.24, 2.45) is 5.92 Å². The first kappa shape index (κ1) is 12.5. The summed E-state index contributed by atoms with van der Waals surface area (Å²) in [5.74, 6) is 2.82. The van der Waals surface area contributed by atoms with E-state index in [1.54, 1.807) is 18.2 Å². The molecule has 0 spiro atoms. The van der Waals surface area contributed by atoms with E-state index in [0.29, 0.717) is 11.6 Å². The molecule has 0 atom stereocenters. The van der Waals surface area contributed by atoms with Crippen LogP contribution in [0, 0.1) is 5.92 Å². The molecule has 0 amide bonds. The monoisotopic (exact) mass is 277 g/mol. The molecule has 1 aliphatic heterocycles. The zero-order valence-electron chi connectivity index (χ0n) is 10.5. The van der Waals surface area contributed by atoms with Gasteiger partial charge in [-0.1, -0.05) is 6.07 Å². The summed E-state index contributed by atoms with van der Waals surface area (Å²) in [5.41, 5.74) is 0.774. The number of carboxylic acids is 1. The van der Waals surface area contributed by atoms with Crippen molar-refractivity contribution in [3.05, 3.63) is 29.7 Å². The molecule has 19 heavy (non-hydrogen) atoms. The maximum Gasteiger partial charge on any atom is 0.354 e. The van der Waals surface area contributed by atoms with Crippen molar-refractivity contribution in [1.82, 2.24) is 14.6 Å². The molecule has 5 nitrogen and oxygen atoms in total. The van der Waals surface area contributed by atoms with Gasteiger partial charge < -0.3 is 5.11 Å². The summed E-state index contributed by atoms with van der Waals surface area (Å²) < 4.78 is 1.43. The topological polar surface area (TPSA) is 67.5 Å². The van der Waals surface area contributed by atoms with E-state index >= 15 is 0 Å². The summed E-state index contributed by atoms with van der Waals surface area (Å²) in [6.07, 6.45) is 3.25. The lowest BCUT2D eigenvalue weighted by Gasteiger charge is -2.19. The summed E-state index contributed by atoms with van der Waals surface area (Å²) in [7, 11) is 0. The Kier molecular flexibility index (Phi) is 3.42. The van der Waals surface area contributed by atoms with Gasteiger partial charge in [0, 0.05) is 6.42 Å². The molecule has 100 valence electrons. The molecule has 2 aromatic rings. The van der Waals surface area contributed by atoms with Crippen LogP contribution < -0.4 is 0 Å². The third-order valence-corrected chi connectivity index (χ3v) is 4.48. The number of hydrogen-bond donors (Lipinski definition) is 1. The van der Waals surface area contributed by atoms with E-state index in [0.717, 1.165) is 12.2 Å². The molecule has 0 aliphatic carbocycles. The maximum atomic E-state index is 11.1. The van der Waals surface area contributed by atoms with Gasteiger partial charge in [-0.25, -0.2) is 14.3 Å². The van der Waals surface area contributed by atoms with Gasteiger partial charge >= 0.3 is 5.97 Å². The van der Waals surface area contributed by atoms with Crippen LogP contribution in [0.15, 0.2) is 18.2 Å². The van der Waals surface area contributed by atoms with Crippen LogP contribution in [0.4, 0.5) is 0 Å². The molecule has 1 saturated heterocycles. The molecule has 3 rings (SSSR count). The van der Waals surface area contributed by atoms with Gasteiger partial charge in [-0.3, -0.25) is 0 Å². The minimum absolute atomic E-state index is 0.162. The second-order valence-electron chi connectivity index (χ2n) is 4.77. The highest BCUT2D eigenvalue weighted by Gasteiger charge is 2.18. The second-order valence-corrected chi connectivity index (χ2v) is 6.00. The summed E-state index contributed by atoms with van der Waals surface area (Å²) in [5, 5.41) is 13.5. The third-order valence-electron chi connectivity index (χ3n) is 3.43. The van der Waals surface area contributed by atoms with Crippen LogP contribution in [0.2, 0.25) is 0 Å². The van der Waals surface area contributed by atoms with Crippen molar-refractivity contribution in [2.75, 3.05) is 11.5 Å². The van der Waals surface area contributed by atoms with E-state index in [2.05, 4.69) is 10.1 Å². The molecule has 6 heteroatoms. The lowest BCUT2D eigenvalue weighted by atomic mass is 9.99. The van der Waals surface area contributed by atoms with E-state index in [-0.39, 0.29) is 5.69 Å². The summed E-state index contributed by atoms with van der Waals surface area (Å²) in [4.78, 5) is 15.6. The Morgan fingerprint density at radius 3 is 2.95 bits per heavy atom. The number of fused-ring (bicyclic) bond motifs is 1. The van der Waals surface area contributed by atoms with Gasteiger partial charge in [-0.05, 0) is 42.4 Å². The quantitative estimate of drug-likeness (QED) is 0.930. The zero-order valence-corrected chi connectivity index (χ0v) is 11.3. The van der Waals surface area contributed by atoms with Gasteiger partial charge in [0.05, 0.1) is 0 Å². The Hall–Kier alpha value is -1.56. The number of carbonyl (C=O) groups is 1. The SMILES string of the molecule is O=C(O)c1cccc2nc(CC3CCSCC3)nn12. The van der Waals surface area contributed by atoms with Crippen molar-refractivity contribution < 1.29 is 9.90 Å². The van der Waals surface area contributed by atoms with Crippen molar-refractivity contribution in [1.29, 1.82) is 0 Å². The number of nitrogens with zero attached hydrogens (tertiary/aromatic N) is 3. The Labute approximate surface area is 115 Å². The van der Waals surface area contributed by atoms with Crippen LogP contribution >= 0.6 is 11.8 Å². The lowest BCUT2D eigenvalue weighted by Crippen LogP contribution is -2.13. The van der Waals surface area contributed by atoms with E-state index in [1.165, 1.54) is 28.9 Å². The fourth-order valence-electron chi connectivity index (χ4n) is 2.41. The number of thioether (sulfide) groups is 1. The average Bonchev–Trinajstić information content (AvgIpc) is 2.81. The van der Waals surface area contributed by atoms with Gasteiger partial charge in [-0.15, -0.1) is 0 Å². The predicted molar refractivity (Wildman–Crippen MR) is 73.7 cm³/mol. The minimum Gasteiger partial charge on any atom is -0.477 e. The van der Waals surface area contributed by atoms with Gasteiger partial charge in [0.2, 0.25) is 0 Å². The second kappa shape index (κ2) is 5.21. The van der Waals surface area contributed by atoms with Crippen LogP contribution in [0.5, 0.6) is 0 Å². The average molecular weight is 277 g/mol. The molecule has 0 aromatic carbocycles. The van der Waals surface area contributed by atoms with E-state index < -0.39 is 5.97 Å². The molecule has 0 radical (unpaired) electrons. The molecule has 1 fully saturated rings. The molecular weight excluding hydrogens is 262 g/mol.